The van der Waals surface area contributed by atoms with E-state index in [-0.39, 0.29) is 12.5 Å². The van der Waals surface area contributed by atoms with Gasteiger partial charge in [0.2, 0.25) is 4.96 Å². The van der Waals surface area contributed by atoms with Crippen LogP contribution in [0.1, 0.15) is 16.4 Å². The number of carbonyl (C=O) groups excluding carboxylic acids is 1. The number of nitrogens with zero attached hydrogens (tertiary/aromatic N) is 4. The van der Waals surface area contributed by atoms with Crippen LogP contribution in [0.4, 0.5) is 0 Å². The van der Waals surface area contributed by atoms with Crippen molar-refractivity contribution in [3.63, 3.8) is 0 Å². The Morgan fingerprint density at radius 1 is 1.35 bits per heavy atom. The SMILES string of the molecule is Cc1cccc(OCC(=O)NCCc2nn3c(C)nnc3s2)c1. The van der Waals surface area contributed by atoms with Crippen LogP contribution in [-0.4, -0.2) is 38.9 Å². The smallest absolute Gasteiger partial charge is 0.257 e. The topological polar surface area (TPSA) is 81.4 Å². The Morgan fingerprint density at radius 2 is 2.22 bits per heavy atom. The molecular weight excluding hydrogens is 314 g/mol. The second-order valence-electron chi connectivity index (χ2n) is 5.14. The van der Waals surface area contributed by atoms with Crippen LogP contribution >= 0.6 is 11.3 Å². The van der Waals surface area contributed by atoms with Gasteiger partial charge in [0.25, 0.3) is 5.91 Å². The summed E-state index contributed by atoms with van der Waals surface area (Å²) < 4.78 is 7.17. The number of aromatic nitrogens is 4. The molecule has 0 saturated heterocycles. The van der Waals surface area contributed by atoms with E-state index in [1.807, 2.05) is 38.1 Å². The molecule has 3 aromatic rings. The summed E-state index contributed by atoms with van der Waals surface area (Å²) in [6.07, 6.45) is 0.656. The van der Waals surface area contributed by atoms with Crippen LogP contribution < -0.4 is 10.1 Å². The van der Waals surface area contributed by atoms with Gasteiger partial charge in [-0.3, -0.25) is 4.79 Å². The molecule has 0 saturated carbocycles. The lowest BCUT2D eigenvalue weighted by Gasteiger charge is -2.07. The van der Waals surface area contributed by atoms with E-state index in [9.17, 15) is 4.79 Å². The third-order valence-electron chi connectivity index (χ3n) is 3.21. The van der Waals surface area contributed by atoms with Gasteiger partial charge in [-0.25, -0.2) is 0 Å². The second-order valence-corrected chi connectivity index (χ2v) is 6.18. The Labute approximate surface area is 137 Å². The normalized spacial score (nSPS) is 10.9. The summed E-state index contributed by atoms with van der Waals surface area (Å²) in [7, 11) is 0. The van der Waals surface area contributed by atoms with Crippen molar-refractivity contribution in [2.24, 2.45) is 0 Å². The van der Waals surface area contributed by atoms with Gasteiger partial charge >= 0.3 is 0 Å². The largest absolute Gasteiger partial charge is 0.484 e. The molecule has 0 aliphatic heterocycles. The third kappa shape index (κ3) is 3.84. The van der Waals surface area contributed by atoms with Crippen LogP contribution in [0, 0.1) is 13.8 Å². The molecular formula is C15H17N5O2S. The van der Waals surface area contributed by atoms with Gasteiger partial charge in [-0.15, -0.1) is 10.2 Å². The Hall–Kier alpha value is -2.48. The number of aryl methyl sites for hydroxylation is 2. The van der Waals surface area contributed by atoms with Gasteiger partial charge in [0.15, 0.2) is 12.4 Å². The molecule has 0 atom stereocenters. The molecule has 0 aliphatic carbocycles. The van der Waals surface area contributed by atoms with E-state index in [4.69, 9.17) is 4.74 Å². The van der Waals surface area contributed by atoms with Crippen LogP contribution in [0.3, 0.4) is 0 Å². The van der Waals surface area contributed by atoms with Crippen LogP contribution in [0.2, 0.25) is 0 Å². The van der Waals surface area contributed by atoms with Gasteiger partial charge in [0.05, 0.1) is 0 Å². The minimum Gasteiger partial charge on any atom is -0.484 e. The maximum Gasteiger partial charge on any atom is 0.257 e. The fraction of sp³-hybridized carbons (Fsp3) is 0.333. The monoisotopic (exact) mass is 331 g/mol. The molecule has 8 heteroatoms. The average molecular weight is 331 g/mol. The van der Waals surface area contributed by atoms with E-state index >= 15 is 0 Å². The molecule has 1 N–H and O–H groups in total. The lowest BCUT2D eigenvalue weighted by atomic mass is 10.2. The van der Waals surface area contributed by atoms with Crippen LogP contribution in [-0.2, 0) is 11.2 Å². The molecule has 0 aliphatic rings. The van der Waals surface area contributed by atoms with Gasteiger partial charge in [0, 0.05) is 13.0 Å². The number of fused-ring (bicyclic) bond motifs is 1. The van der Waals surface area contributed by atoms with E-state index in [2.05, 4.69) is 20.6 Å². The Balaban J connectivity index is 1.43. The number of ether oxygens (including phenoxy) is 1. The predicted molar refractivity (Wildman–Crippen MR) is 86.8 cm³/mol. The standard InChI is InChI=1S/C15H17N5O2S/c1-10-4-3-5-12(8-10)22-9-13(21)16-7-6-14-19-20-11(2)17-18-15(20)23-14/h3-5,8H,6-7,9H2,1-2H3,(H,16,21). The lowest BCUT2D eigenvalue weighted by Crippen LogP contribution is -2.30. The molecule has 0 unspecified atom stereocenters. The molecule has 1 amide bonds. The first kappa shape index (κ1) is 15.4. The maximum absolute atomic E-state index is 11.8. The summed E-state index contributed by atoms with van der Waals surface area (Å²) in [5.74, 6) is 1.31. The number of benzene rings is 1. The second kappa shape index (κ2) is 6.74. The summed E-state index contributed by atoms with van der Waals surface area (Å²) in [5, 5.41) is 16.1. The number of nitrogens with one attached hydrogen (secondary N) is 1. The van der Waals surface area contributed by atoms with Crippen molar-refractivity contribution >= 4 is 22.2 Å². The van der Waals surface area contributed by atoms with Gasteiger partial charge in [-0.2, -0.15) is 9.61 Å². The van der Waals surface area contributed by atoms with E-state index in [0.717, 1.165) is 21.4 Å². The molecule has 23 heavy (non-hydrogen) atoms. The highest BCUT2D eigenvalue weighted by atomic mass is 32.1. The lowest BCUT2D eigenvalue weighted by molar-refractivity contribution is -0.123. The Bertz CT molecular complexity index is 826. The van der Waals surface area contributed by atoms with E-state index in [1.54, 1.807) is 4.52 Å². The van der Waals surface area contributed by atoms with Crippen molar-refractivity contribution in [1.82, 2.24) is 25.1 Å². The van der Waals surface area contributed by atoms with E-state index in [1.165, 1.54) is 11.3 Å². The van der Waals surface area contributed by atoms with Crippen LogP contribution in [0.15, 0.2) is 24.3 Å². The van der Waals surface area contributed by atoms with Crippen molar-refractivity contribution in [1.29, 1.82) is 0 Å². The van der Waals surface area contributed by atoms with Gasteiger partial charge < -0.3 is 10.1 Å². The maximum atomic E-state index is 11.8. The van der Waals surface area contributed by atoms with Crippen molar-refractivity contribution in [2.45, 2.75) is 20.3 Å². The van der Waals surface area contributed by atoms with Crippen LogP contribution in [0.5, 0.6) is 5.75 Å². The number of carbonyl (C=O) groups is 1. The fourth-order valence-corrected chi connectivity index (χ4v) is 2.95. The first-order chi connectivity index (χ1) is 11.1. The zero-order chi connectivity index (χ0) is 16.2. The summed E-state index contributed by atoms with van der Waals surface area (Å²) in [6, 6.07) is 7.62. The zero-order valence-electron chi connectivity index (χ0n) is 12.9. The zero-order valence-corrected chi connectivity index (χ0v) is 13.8. The van der Waals surface area contributed by atoms with Gasteiger partial charge in [0.1, 0.15) is 10.8 Å². The van der Waals surface area contributed by atoms with Crippen molar-refractivity contribution < 1.29 is 9.53 Å². The minimum absolute atomic E-state index is 0.00761. The average Bonchev–Trinajstić information content (AvgIpc) is 3.07. The molecule has 0 bridgehead atoms. The number of hydrogen-bond donors (Lipinski definition) is 1. The summed E-state index contributed by atoms with van der Waals surface area (Å²) in [6.45, 7) is 4.36. The van der Waals surface area contributed by atoms with E-state index in [0.29, 0.717) is 18.7 Å². The van der Waals surface area contributed by atoms with Gasteiger partial charge in [-0.05, 0) is 31.5 Å². The highest BCUT2D eigenvalue weighted by Crippen LogP contribution is 2.14. The van der Waals surface area contributed by atoms with Crippen molar-refractivity contribution in [2.75, 3.05) is 13.2 Å². The fourth-order valence-electron chi connectivity index (χ4n) is 2.07. The minimum atomic E-state index is -0.148. The molecule has 0 spiro atoms. The highest BCUT2D eigenvalue weighted by Gasteiger charge is 2.09. The Kier molecular flexibility index (Phi) is 4.52. The number of rotatable bonds is 6. The quantitative estimate of drug-likeness (QED) is 0.741. The van der Waals surface area contributed by atoms with Crippen molar-refractivity contribution in [3.8, 4) is 5.75 Å². The highest BCUT2D eigenvalue weighted by molar-refractivity contribution is 7.16. The molecule has 120 valence electrons. The summed E-state index contributed by atoms with van der Waals surface area (Å²) in [4.78, 5) is 12.6. The first-order valence-corrected chi connectivity index (χ1v) is 8.07. The Morgan fingerprint density at radius 3 is 3.00 bits per heavy atom. The number of amides is 1. The van der Waals surface area contributed by atoms with E-state index < -0.39 is 0 Å². The third-order valence-corrected chi connectivity index (χ3v) is 4.17. The molecule has 2 aromatic heterocycles. The van der Waals surface area contributed by atoms with Gasteiger partial charge in [-0.1, -0.05) is 23.5 Å². The summed E-state index contributed by atoms with van der Waals surface area (Å²) >= 11 is 1.48. The molecule has 1 aromatic carbocycles. The first-order valence-electron chi connectivity index (χ1n) is 7.26. The van der Waals surface area contributed by atoms with Crippen LogP contribution in [0.25, 0.3) is 4.96 Å². The van der Waals surface area contributed by atoms with Crippen molar-refractivity contribution in [3.05, 3.63) is 40.7 Å². The molecule has 0 fully saturated rings. The molecule has 0 radical (unpaired) electrons. The number of hydrogen-bond acceptors (Lipinski definition) is 6. The molecule has 3 rings (SSSR count). The predicted octanol–water partition coefficient (Wildman–Crippen LogP) is 1.54. The molecule has 7 nitrogen and oxygen atoms in total. The molecule has 2 heterocycles. The summed E-state index contributed by atoms with van der Waals surface area (Å²) in [5.41, 5.74) is 1.10.